The van der Waals surface area contributed by atoms with Crippen molar-refractivity contribution in [2.24, 2.45) is 5.73 Å². The van der Waals surface area contributed by atoms with E-state index in [1.807, 2.05) is 38.4 Å². The van der Waals surface area contributed by atoms with Gasteiger partial charge in [-0.3, -0.25) is 0 Å². The van der Waals surface area contributed by atoms with Crippen LogP contribution in [0.1, 0.15) is 12.0 Å². The summed E-state index contributed by atoms with van der Waals surface area (Å²) in [4.78, 5) is 13.7. The molecule has 0 aromatic heterocycles. The van der Waals surface area contributed by atoms with Crippen molar-refractivity contribution in [3.63, 3.8) is 0 Å². The molecule has 0 fully saturated rings. The third kappa shape index (κ3) is 5.65. The van der Waals surface area contributed by atoms with Crippen molar-refractivity contribution in [2.45, 2.75) is 13.0 Å². The lowest BCUT2D eigenvalue weighted by atomic mass is 10.2. The Labute approximate surface area is 108 Å². The van der Waals surface area contributed by atoms with E-state index in [0.29, 0.717) is 13.1 Å². The van der Waals surface area contributed by atoms with Gasteiger partial charge in [0.1, 0.15) is 0 Å². The van der Waals surface area contributed by atoms with Crippen molar-refractivity contribution < 1.29 is 4.79 Å². The van der Waals surface area contributed by atoms with Crippen molar-refractivity contribution in [3.05, 3.63) is 29.8 Å². The molecule has 1 aromatic rings. The summed E-state index contributed by atoms with van der Waals surface area (Å²) in [6.45, 7) is 2.10. The van der Waals surface area contributed by atoms with Gasteiger partial charge >= 0.3 is 6.03 Å². The smallest absolute Gasteiger partial charge is 0.319 e. The largest absolute Gasteiger partial charge is 0.338 e. The minimum atomic E-state index is -0.178. The summed E-state index contributed by atoms with van der Waals surface area (Å²) in [5.41, 5.74) is 7.31. The van der Waals surface area contributed by atoms with E-state index in [1.54, 1.807) is 0 Å². The molecule has 18 heavy (non-hydrogen) atoms. The molecule has 5 nitrogen and oxygen atoms in total. The number of carbonyl (C=O) groups excluding carboxylic acids is 1. The van der Waals surface area contributed by atoms with Crippen LogP contribution in [-0.4, -0.2) is 38.1 Å². The topological polar surface area (TPSA) is 70.4 Å². The summed E-state index contributed by atoms with van der Waals surface area (Å²) >= 11 is 0. The molecular formula is C13H22N4O. The molecule has 0 spiro atoms. The highest BCUT2D eigenvalue weighted by molar-refractivity contribution is 5.89. The number of amides is 2. The van der Waals surface area contributed by atoms with Crippen LogP contribution in [0.3, 0.4) is 0 Å². The second-order valence-electron chi connectivity index (χ2n) is 4.44. The van der Waals surface area contributed by atoms with E-state index in [4.69, 9.17) is 5.73 Å². The first kappa shape index (κ1) is 14.5. The van der Waals surface area contributed by atoms with Crippen LogP contribution in [0.25, 0.3) is 0 Å². The van der Waals surface area contributed by atoms with Crippen molar-refractivity contribution in [3.8, 4) is 0 Å². The molecule has 0 heterocycles. The van der Waals surface area contributed by atoms with Gasteiger partial charge in [0.15, 0.2) is 0 Å². The van der Waals surface area contributed by atoms with E-state index in [2.05, 4.69) is 15.5 Å². The third-order valence-corrected chi connectivity index (χ3v) is 2.49. The van der Waals surface area contributed by atoms with Gasteiger partial charge in [0.25, 0.3) is 0 Å². The van der Waals surface area contributed by atoms with Gasteiger partial charge in [0.2, 0.25) is 0 Å². The highest BCUT2D eigenvalue weighted by Gasteiger charge is 2.01. The molecule has 0 aliphatic heterocycles. The summed E-state index contributed by atoms with van der Waals surface area (Å²) in [5, 5.41) is 5.60. The zero-order chi connectivity index (χ0) is 13.4. The molecule has 0 saturated heterocycles. The Balaban J connectivity index is 2.30. The van der Waals surface area contributed by atoms with Crippen molar-refractivity contribution in [2.75, 3.05) is 32.5 Å². The fourth-order valence-corrected chi connectivity index (χ4v) is 1.55. The predicted molar refractivity (Wildman–Crippen MR) is 74.5 cm³/mol. The molecule has 0 atom stereocenters. The second-order valence-corrected chi connectivity index (χ2v) is 4.44. The molecule has 0 saturated carbocycles. The number of nitrogens with one attached hydrogen (secondary N) is 2. The van der Waals surface area contributed by atoms with E-state index in [1.165, 1.54) is 0 Å². The number of nitrogens with zero attached hydrogens (tertiary/aromatic N) is 1. The van der Waals surface area contributed by atoms with Crippen molar-refractivity contribution in [1.29, 1.82) is 0 Å². The van der Waals surface area contributed by atoms with Crippen molar-refractivity contribution >= 4 is 11.7 Å². The van der Waals surface area contributed by atoms with Crippen LogP contribution < -0.4 is 16.4 Å². The van der Waals surface area contributed by atoms with Crippen LogP contribution in [0.5, 0.6) is 0 Å². The highest BCUT2D eigenvalue weighted by atomic mass is 16.2. The Morgan fingerprint density at radius 3 is 2.83 bits per heavy atom. The Bertz CT molecular complexity index is 379. The van der Waals surface area contributed by atoms with Crippen LogP contribution in [-0.2, 0) is 6.54 Å². The van der Waals surface area contributed by atoms with E-state index in [0.717, 1.165) is 24.2 Å². The molecule has 0 aliphatic carbocycles. The minimum Gasteiger partial charge on any atom is -0.338 e. The van der Waals surface area contributed by atoms with Gasteiger partial charge in [0.05, 0.1) is 0 Å². The Morgan fingerprint density at radius 1 is 1.39 bits per heavy atom. The second kappa shape index (κ2) is 7.68. The molecule has 0 unspecified atom stereocenters. The average molecular weight is 250 g/mol. The summed E-state index contributed by atoms with van der Waals surface area (Å²) in [7, 11) is 4.02. The number of hydrogen-bond donors (Lipinski definition) is 3. The summed E-state index contributed by atoms with van der Waals surface area (Å²) < 4.78 is 0. The average Bonchev–Trinajstić information content (AvgIpc) is 2.34. The molecule has 0 radical (unpaired) electrons. The molecule has 4 N–H and O–H groups in total. The Morgan fingerprint density at radius 2 is 2.17 bits per heavy atom. The van der Waals surface area contributed by atoms with E-state index in [-0.39, 0.29) is 6.03 Å². The molecule has 2 amide bonds. The van der Waals surface area contributed by atoms with Crippen LogP contribution in [0, 0.1) is 0 Å². The van der Waals surface area contributed by atoms with E-state index >= 15 is 0 Å². The monoisotopic (exact) mass is 250 g/mol. The maximum atomic E-state index is 11.6. The maximum absolute atomic E-state index is 11.6. The van der Waals surface area contributed by atoms with Gasteiger partial charge in [-0.2, -0.15) is 0 Å². The van der Waals surface area contributed by atoms with E-state index < -0.39 is 0 Å². The van der Waals surface area contributed by atoms with Gasteiger partial charge in [0, 0.05) is 18.8 Å². The number of anilines is 1. The van der Waals surface area contributed by atoms with E-state index in [9.17, 15) is 4.79 Å². The highest BCUT2D eigenvalue weighted by Crippen LogP contribution is 2.09. The first-order chi connectivity index (χ1) is 8.61. The Hall–Kier alpha value is -1.59. The molecule has 5 heteroatoms. The fraction of sp³-hybridized carbons (Fsp3) is 0.462. The minimum absolute atomic E-state index is 0.178. The first-order valence-corrected chi connectivity index (χ1v) is 6.10. The van der Waals surface area contributed by atoms with Gasteiger partial charge < -0.3 is 21.3 Å². The van der Waals surface area contributed by atoms with Gasteiger partial charge in [-0.05, 0) is 44.8 Å². The Kier molecular flexibility index (Phi) is 6.18. The lowest BCUT2D eigenvalue weighted by Gasteiger charge is -2.11. The summed E-state index contributed by atoms with van der Waals surface area (Å²) in [5.74, 6) is 0. The fourth-order valence-electron chi connectivity index (χ4n) is 1.55. The normalized spacial score (nSPS) is 10.4. The SMILES string of the molecule is CN(C)CCCNC(=O)Nc1cccc(CN)c1. The third-order valence-electron chi connectivity index (χ3n) is 2.49. The zero-order valence-corrected chi connectivity index (χ0v) is 11.1. The number of carbonyl (C=O) groups is 1. The van der Waals surface area contributed by atoms with Crippen LogP contribution in [0.4, 0.5) is 10.5 Å². The lowest BCUT2D eigenvalue weighted by molar-refractivity contribution is 0.251. The number of urea groups is 1. The van der Waals surface area contributed by atoms with Crippen LogP contribution in [0.15, 0.2) is 24.3 Å². The molecule has 1 aromatic carbocycles. The summed E-state index contributed by atoms with van der Waals surface area (Å²) in [6.07, 6.45) is 0.934. The van der Waals surface area contributed by atoms with Crippen molar-refractivity contribution in [1.82, 2.24) is 10.2 Å². The summed E-state index contributed by atoms with van der Waals surface area (Å²) in [6, 6.07) is 7.35. The van der Waals surface area contributed by atoms with Crippen LogP contribution >= 0.6 is 0 Å². The molecule has 100 valence electrons. The number of rotatable bonds is 6. The quantitative estimate of drug-likeness (QED) is 0.665. The maximum Gasteiger partial charge on any atom is 0.319 e. The van der Waals surface area contributed by atoms with Gasteiger partial charge in [-0.15, -0.1) is 0 Å². The van der Waals surface area contributed by atoms with Gasteiger partial charge in [-0.1, -0.05) is 12.1 Å². The van der Waals surface area contributed by atoms with Crippen LogP contribution in [0.2, 0.25) is 0 Å². The molecule has 0 bridgehead atoms. The molecule has 0 aliphatic rings. The number of hydrogen-bond acceptors (Lipinski definition) is 3. The molecular weight excluding hydrogens is 228 g/mol. The van der Waals surface area contributed by atoms with Gasteiger partial charge in [-0.25, -0.2) is 4.79 Å². The molecule has 1 rings (SSSR count). The first-order valence-electron chi connectivity index (χ1n) is 6.10. The lowest BCUT2D eigenvalue weighted by Crippen LogP contribution is -2.31. The number of nitrogens with two attached hydrogens (primary N) is 1. The predicted octanol–water partition coefficient (Wildman–Crippen LogP) is 1.22. The number of benzene rings is 1. The zero-order valence-electron chi connectivity index (χ0n) is 11.1. The standard InChI is InChI=1S/C13H22N4O/c1-17(2)8-4-7-15-13(18)16-12-6-3-5-11(9-12)10-14/h3,5-6,9H,4,7-8,10,14H2,1-2H3,(H2,15,16,18).